The van der Waals surface area contributed by atoms with Crippen molar-refractivity contribution in [3.63, 3.8) is 0 Å². The number of rotatable bonds is 17. The van der Waals surface area contributed by atoms with Crippen molar-refractivity contribution in [3.05, 3.63) is 198 Å². The maximum Gasteiger partial charge on any atom is 0.326 e. The first-order valence-electron chi connectivity index (χ1n) is 39.7. The van der Waals surface area contributed by atoms with E-state index in [-0.39, 0.29) is 71.4 Å². The van der Waals surface area contributed by atoms with E-state index in [1.807, 2.05) is 42.5 Å². The number of carboxylic acids is 1. The van der Waals surface area contributed by atoms with Crippen molar-refractivity contribution >= 4 is 79.9 Å². The molecule has 10 N–H and O–H groups in total. The summed E-state index contributed by atoms with van der Waals surface area (Å²) in [6.45, 7) is 13.6. The van der Waals surface area contributed by atoms with Gasteiger partial charge in [-0.25, -0.2) is 22.6 Å². The molecule has 3 fully saturated rings. The number of fused-ring (bicyclic) bond motifs is 1. The quantitative estimate of drug-likeness (QED) is 0.0490. The predicted octanol–water partition coefficient (Wildman–Crippen LogP) is 5.68. The summed E-state index contributed by atoms with van der Waals surface area (Å²) in [5, 5.41) is 34.5. The van der Waals surface area contributed by atoms with Crippen molar-refractivity contribution < 1.29 is 80.1 Å². The number of benzene rings is 6. The normalized spacial score (nSPS) is 22.2. The SMILES string of the molecule is CN[C@@H](C)C(=O)N[C@H](C(=O)N1CC2CC1C(=O)N[C@@H](Cc1ccc(-c3cccc(F)c3)cc1)C(=O)N[C@H](C(=O)NS(=O)(=O)C1CC1)Cc1ccc(cc1)OCc1cn(cn1)C1C[C@@H](C(=O)N[C@@H](Cc3ccc4ccccc4c3)C(=O)N[C@H](C(=O)O)Cc3ccc(cc3)OC/C=C/CO2)N(C(=O)[C@@H](NC(=O)[C@H](C)NC)C(C)(C)C)C1)C(C)(C)C. The van der Waals surface area contributed by atoms with Crippen LogP contribution >= 0.6 is 0 Å². The lowest BCUT2D eigenvalue weighted by atomic mass is 9.85. The summed E-state index contributed by atoms with van der Waals surface area (Å²) in [6, 6.07) is 26.0. The zero-order valence-corrected chi connectivity index (χ0v) is 68.7. The van der Waals surface area contributed by atoms with E-state index in [0.29, 0.717) is 63.4 Å². The number of ether oxygens (including phenoxy) is 3. The Bertz CT molecular complexity index is 4950. The molecule has 0 spiro atoms. The van der Waals surface area contributed by atoms with Gasteiger partial charge in [0.2, 0.25) is 57.3 Å². The van der Waals surface area contributed by atoms with Gasteiger partial charge in [-0.3, -0.25) is 47.9 Å². The number of likely N-dealkylation sites (tertiary alicyclic amines) is 2. The first-order valence-corrected chi connectivity index (χ1v) is 41.3. The molecular formula is C87H106FN13O16S. The second kappa shape index (κ2) is 38.3. The average molecular weight is 1640 g/mol. The molecule has 0 radical (unpaired) electrons. The van der Waals surface area contributed by atoms with E-state index in [0.717, 1.165) is 10.8 Å². The highest BCUT2D eigenvalue weighted by atomic mass is 32.2. The summed E-state index contributed by atoms with van der Waals surface area (Å²) >= 11 is 0. The van der Waals surface area contributed by atoms with Gasteiger partial charge in [0.1, 0.15) is 78.9 Å². The van der Waals surface area contributed by atoms with Crippen molar-refractivity contribution in [1.82, 2.24) is 66.6 Å². The maximum atomic E-state index is 15.4. The van der Waals surface area contributed by atoms with E-state index in [1.165, 1.54) is 28.3 Å². The van der Waals surface area contributed by atoms with Gasteiger partial charge in [-0.1, -0.05) is 151 Å². The van der Waals surface area contributed by atoms with Crippen LogP contribution in [0, 0.1) is 16.6 Å². The fourth-order valence-corrected chi connectivity index (χ4v) is 15.8. The Labute approximate surface area is 686 Å². The summed E-state index contributed by atoms with van der Waals surface area (Å²) in [6.07, 6.45) is 5.54. The largest absolute Gasteiger partial charge is 0.490 e. The molecule has 12 atom stereocenters. The molecule has 1 saturated carbocycles. The standard InChI is InChI=1S/C87H106FN13O16S/c1-51(89-9)76(102)96-74(86(3,4)5)83(109)100-47-63-44-72(100)81(107)94-69(42-56-22-29-57-16-11-12-17-59(57)38-56)79(105)95-71(85(111)112)41-55-23-30-64(31-24-55)115-36-13-14-37-116-66-45-73(101(48-66)84(110)75(87(6,7)8)97-77(103)52(2)90-10)82(108)93-68(39-53-20-27-58(28-21-53)60-18-15-19-61(88)43-60)78(104)92-70(80(106)98-118(113,114)67-34-35-67)40-54-25-32-65(33-26-54)117-49-62-46-99(63)50-91-62/h11-33,38,43,46,50-52,63,66-75,89-90H,34-37,39-42,44-45,47-49H2,1-10H3,(H,92,104)(H,93,108)(H,94,107)(H,95,105)(H,96,102)(H,97,103)(H,98,106)(H,111,112)/b14-13+/t51-,52-,63?,66?,68-,69-,70-,71-,72-,73?,74+,75+/m0/s1. The molecule has 14 rings (SSSR count). The van der Waals surface area contributed by atoms with Crippen molar-refractivity contribution in [1.29, 1.82) is 0 Å². The average Bonchev–Trinajstić information content (AvgIpc) is 1.63. The highest BCUT2D eigenvalue weighted by Crippen LogP contribution is 2.34. The molecule has 628 valence electrons. The summed E-state index contributed by atoms with van der Waals surface area (Å²) in [5.41, 5.74) is 1.90. The van der Waals surface area contributed by atoms with E-state index >= 15 is 24.0 Å². The third-order valence-corrected chi connectivity index (χ3v) is 23.7. The zero-order valence-electron chi connectivity index (χ0n) is 67.9. The smallest absolute Gasteiger partial charge is 0.326 e. The number of nitrogens with one attached hydrogen (secondary N) is 9. The van der Waals surface area contributed by atoms with Crippen LogP contribution in [0.1, 0.15) is 115 Å². The minimum atomic E-state index is -4.20. The Morgan fingerprint density at radius 1 is 0.593 bits per heavy atom. The Balaban J connectivity index is 0.924. The van der Waals surface area contributed by atoms with E-state index in [4.69, 9.17) is 14.2 Å². The number of amides is 9. The molecule has 2 saturated heterocycles. The number of sulfonamides is 1. The molecule has 9 amide bonds. The Hall–Kier alpha value is -11.4. The molecule has 29 nitrogen and oxygen atoms in total. The second-order valence-corrected chi connectivity index (χ2v) is 34.9. The van der Waals surface area contributed by atoms with Crippen molar-refractivity contribution in [2.24, 2.45) is 10.8 Å². The number of nitrogens with zero attached hydrogens (tertiary/aromatic N) is 4. The topological polar surface area (TPSA) is 385 Å². The number of carbonyl (C=O) groups is 10. The number of aromatic nitrogens is 2. The van der Waals surface area contributed by atoms with E-state index in [9.17, 15) is 41.9 Å². The lowest BCUT2D eigenvalue weighted by Crippen LogP contribution is -2.61. The van der Waals surface area contributed by atoms with Gasteiger partial charge in [-0.2, -0.15) is 0 Å². The van der Waals surface area contributed by atoms with Gasteiger partial charge in [0.05, 0.1) is 48.1 Å². The van der Waals surface area contributed by atoms with Crippen LogP contribution in [-0.2, 0) is 95.0 Å². The van der Waals surface area contributed by atoms with Crippen molar-refractivity contribution in [2.45, 2.75) is 191 Å². The first kappa shape index (κ1) is 87.4. The van der Waals surface area contributed by atoms with Gasteiger partial charge in [0, 0.05) is 51.4 Å². The van der Waals surface area contributed by atoms with Crippen LogP contribution < -0.4 is 56.7 Å². The summed E-state index contributed by atoms with van der Waals surface area (Å²) in [7, 11) is -1.00. The molecule has 7 aromatic rings. The van der Waals surface area contributed by atoms with Crippen molar-refractivity contribution in [3.8, 4) is 22.6 Å². The first-order chi connectivity index (χ1) is 56.1. The third kappa shape index (κ3) is 22.9. The van der Waals surface area contributed by atoms with Crippen LogP contribution in [0.25, 0.3) is 21.9 Å². The van der Waals surface area contributed by atoms with E-state index < -0.39 is 164 Å². The van der Waals surface area contributed by atoms with E-state index in [1.54, 1.807) is 177 Å². The lowest BCUT2D eigenvalue weighted by Gasteiger charge is -2.36. The Morgan fingerprint density at radius 2 is 1.13 bits per heavy atom. The van der Waals surface area contributed by atoms with Crippen molar-refractivity contribution in [2.75, 3.05) is 40.4 Å². The van der Waals surface area contributed by atoms with Crippen LogP contribution in [0.5, 0.6) is 11.5 Å². The molecule has 6 aromatic carbocycles. The van der Waals surface area contributed by atoms with E-state index in [2.05, 4.69) is 52.2 Å². The van der Waals surface area contributed by atoms with Gasteiger partial charge >= 0.3 is 5.97 Å². The molecule has 7 heterocycles. The van der Waals surface area contributed by atoms with Gasteiger partial charge in [-0.15, -0.1) is 0 Å². The summed E-state index contributed by atoms with van der Waals surface area (Å²) < 4.78 is 64.2. The molecule has 118 heavy (non-hydrogen) atoms. The zero-order chi connectivity index (χ0) is 84.9. The number of hydrogen-bond acceptors (Lipinski definition) is 18. The van der Waals surface area contributed by atoms with Crippen LogP contribution in [0.4, 0.5) is 4.39 Å². The number of hydrogen-bond donors (Lipinski definition) is 10. The minimum absolute atomic E-state index is 0.00544. The predicted molar refractivity (Wildman–Crippen MR) is 439 cm³/mol. The number of carbonyl (C=O) groups excluding carboxylic acids is 9. The van der Waals surface area contributed by atoms with Crippen LogP contribution in [0.3, 0.4) is 0 Å². The van der Waals surface area contributed by atoms with Crippen LogP contribution in [-0.4, -0.2) is 204 Å². The maximum absolute atomic E-state index is 15.4. The summed E-state index contributed by atoms with van der Waals surface area (Å²) in [4.78, 5) is 154. The fraction of sp³-hybridized carbons (Fsp3) is 0.437. The molecular weight excluding hydrogens is 1530 g/mol. The summed E-state index contributed by atoms with van der Waals surface area (Å²) in [5.74, 6) is -7.53. The van der Waals surface area contributed by atoms with Gasteiger partial charge in [0.25, 0.3) is 5.91 Å². The Morgan fingerprint density at radius 3 is 1.69 bits per heavy atom. The minimum Gasteiger partial charge on any atom is -0.490 e. The van der Waals surface area contributed by atoms with Crippen LogP contribution in [0.2, 0.25) is 0 Å². The molecule has 10 bridgehead atoms. The highest BCUT2D eigenvalue weighted by Gasteiger charge is 2.49. The number of halogens is 1. The van der Waals surface area contributed by atoms with Crippen LogP contribution in [0.15, 0.2) is 164 Å². The molecule has 6 aliphatic heterocycles. The van der Waals surface area contributed by atoms with Gasteiger partial charge in [0.15, 0.2) is 0 Å². The number of imidazole rings is 1. The molecule has 31 heteroatoms. The molecule has 7 aliphatic rings. The number of likely N-dealkylation sites (N-methyl/N-ethyl adjacent to an activating group) is 2. The number of aliphatic carboxylic acids is 1. The highest BCUT2D eigenvalue weighted by molar-refractivity contribution is 7.91. The molecule has 1 aromatic heterocycles. The Kier molecular flexibility index (Phi) is 28.4. The monoisotopic (exact) mass is 1640 g/mol. The third-order valence-electron chi connectivity index (χ3n) is 21.8. The lowest BCUT2D eigenvalue weighted by molar-refractivity contribution is -0.145. The molecule has 1 aliphatic carbocycles. The fourth-order valence-electron chi connectivity index (χ4n) is 14.5. The van der Waals surface area contributed by atoms with Gasteiger partial charge < -0.3 is 76.2 Å². The second-order valence-electron chi connectivity index (χ2n) is 32.9. The number of carboxylic acid groups (broad SMARTS) is 1. The molecule has 3 unspecified atom stereocenters. The van der Waals surface area contributed by atoms with Gasteiger partial charge in [-0.05, 0) is 145 Å².